The van der Waals surface area contributed by atoms with Crippen LogP contribution >= 0.6 is 0 Å². The van der Waals surface area contributed by atoms with E-state index >= 15 is 0 Å². The van der Waals surface area contributed by atoms with Gasteiger partial charge in [0, 0.05) is 20.2 Å². The highest BCUT2D eigenvalue weighted by molar-refractivity contribution is 7.91. The number of aliphatic hydroxyl groups excluding tert-OH is 1. The van der Waals surface area contributed by atoms with E-state index in [1.807, 2.05) is 91.0 Å². The maximum atomic E-state index is 13.7. The van der Waals surface area contributed by atoms with Crippen LogP contribution in [0.4, 0.5) is 5.69 Å². The minimum atomic E-state index is -4.07. The summed E-state index contributed by atoms with van der Waals surface area (Å²) < 4.78 is 35.9. The molecule has 2 aliphatic rings. The van der Waals surface area contributed by atoms with E-state index in [9.17, 15) is 18.3 Å². The molecule has 0 aliphatic carbocycles. The van der Waals surface area contributed by atoms with E-state index in [4.69, 9.17) is 4.74 Å². The highest BCUT2D eigenvalue weighted by atomic mass is 32.2. The van der Waals surface area contributed by atoms with Gasteiger partial charge in [-0.2, -0.15) is 8.42 Å². The molecule has 232 valence electrons. The second-order valence-electron chi connectivity index (χ2n) is 12.6. The van der Waals surface area contributed by atoms with Crippen LogP contribution in [0.1, 0.15) is 33.1 Å². The molecule has 0 saturated carbocycles. The van der Waals surface area contributed by atoms with Crippen molar-refractivity contribution in [1.29, 1.82) is 0 Å². The predicted molar refractivity (Wildman–Crippen MR) is 180 cm³/mol. The molecule has 0 aromatic heterocycles. The Hall–Kier alpha value is -4.54. The normalized spacial score (nSPS) is 17.2. The molecule has 0 fully saturated rings. The molecule has 1 atom stereocenters. The van der Waals surface area contributed by atoms with E-state index in [1.165, 1.54) is 6.20 Å². The minimum Gasteiger partial charge on any atom is -0.493 e. The van der Waals surface area contributed by atoms with Gasteiger partial charge in [-0.25, -0.2) is 8.61 Å². The minimum absolute atomic E-state index is 0.147. The lowest BCUT2D eigenvalue weighted by atomic mass is 9.91. The van der Waals surface area contributed by atoms with Crippen molar-refractivity contribution in [1.82, 2.24) is 9.62 Å². The molecule has 0 radical (unpaired) electrons. The summed E-state index contributed by atoms with van der Waals surface area (Å²) in [5, 5.41) is 13.9. The zero-order chi connectivity index (χ0) is 31.8. The van der Waals surface area contributed by atoms with Gasteiger partial charge in [-0.1, -0.05) is 98.5 Å². The first-order valence-electron chi connectivity index (χ1n) is 15.0. The number of ether oxygens (including phenoxy) is 1. The van der Waals surface area contributed by atoms with Gasteiger partial charge in [0.1, 0.15) is 18.0 Å². The monoisotopic (exact) mass is 639 g/mol. The standard InChI is InChI=1S/C35H37N3O5SSi/c1-45(2,3)20-19-37-34(39)23-38(44(37,41)42)32-18-17-26(22-33(32)43-24-25-11-5-4-6-12-25)21-31-29-15-9-7-13-27(29)28-14-8-10-16-30(28)35(40)36-31/h4-18,22-23,31,39H,19-21,24H2,1-3H3,(H,36,40). The molecule has 2 aliphatic heterocycles. The third-order valence-electron chi connectivity index (χ3n) is 8.12. The number of hydrogen-bond donors (Lipinski definition) is 2. The maximum absolute atomic E-state index is 13.7. The summed E-state index contributed by atoms with van der Waals surface area (Å²) in [4.78, 5) is 13.3. The highest BCUT2D eigenvalue weighted by Gasteiger charge is 2.39. The van der Waals surface area contributed by atoms with Crippen molar-refractivity contribution in [3.8, 4) is 16.9 Å². The van der Waals surface area contributed by atoms with Crippen molar-refractivity contribution in [3.63, 3.8) is 0 Å². The average Bonchev–Trinajstić information content (AvgIpc) is 3.17. The fourth-order valence-corrected chi connectivity index (χ4v) is 8.21. The van der Waals surface area contributed by atoms with E-state index < -0.39 is 18.3 Å². The van der Waals surface area contributed by atoms with Gasteiger partial charge in [-0.05, 0) is 58.5 Å². The molecule has 6 rings (SSSR count). The molecule has 45 heavy (non-hydrogen) atoms. The van der Waals surface area contributed by atoms with Crippen molar-refractivity contribution in [2.75, 3.05) is 10.8 Å². The van der Waals surface area contributed by atoms with Crippen LogP contribution in [0, 0.1) is 0 Å². The second kappa shape index (κ2) is 12.1. The first-order valence-corrected chi connectivity index (χ1v) is 20.1. The van der Waals surface area contributed by atoms with E-state index in [2.05, 4.69) is 25.0 Å². The quantitative estimate of drug-likeness (QED) is 0.192. The van der Waals surface area contributed by atoms with Crippen LogP contribution in [0.3, 0.4) is 0 Å². The number of fused-ring (bicyclic) bond motifs is 3. The summed E-state index contributed by atoms with van der Waals surface area (Å²) in [6.07, 6.45) is 1.69. The number of nitrogens with zero attached hydrogens (tertiary/aromatic N) is 2. The van der Waals surface area contributed by atoms with Crippen LogP contribution in [0.2, 0.25) is 25.7 Å². The van der Waals surface area contributed by atoms with Gasteiger partial charge in [0.05, 0.1) is 12.2 Å². The SMILES string of the molecule is C[Si](C)(C)CCN1C(O)=CN(c2ccc(CC3NC(=O)c4ccccc4-c4ccccc43)cc2OCc2ccccc2)S1(=O)=O. The van der Waals surface area contributed by atoms with Crippen LogP contribution in [0.25, 0.3) is 11.1 Å². The van der Waals surface area contributed by atoms with Gasteiger partial charge in [-0.15, -0.1) is 0 Å². The zero-order valence-electron chi connectivity index (χ0n) is 25.6. The van der Waals surface area contributed by atoms with Crippen molar-refractivity contribution >= 4 is 29.9 Å². The maximum Gasteiger partial charge on any atom is 0.332 e. The lowest BCUT2D eigenvalue weighted by Crippen LogP contribution is -2.37. The number of anilines is 1. The zero-order valence-corrected chi connectivity index (χ0v) is 27.4. The molecule has 4 aromatic rings. The summed E-state index contributed by atoms with van der Waals surface area (Å²) in [7, 11) is -5.65. The van der Waals surface area contributed by atoms with Crippen molar-refractivity contribution in [3.05, 3.63) is 131 Å². The fraction of sp³-hybridized carbons (Fsp3) is 0.229. The molecule has 4 aromatic carbocycles. The number of hydrogen-bond acceptors (Lipinski definition) is 5. The van der Waals surface area contributed by atoms with Crippen molar-refractivity contribution in [2.45, 2.75) is 44.8 Å². The fourth-order valence-electron chi connectivity index (χ4n) is 5.71. The van der Waals surface area contributed by atoms with E-state index in [0.29, 0.717) is 29.5 Å². The smallest absolute Gasteiger partial charge is 0.332 e. The third kappa shape index (κ3) is 6.34. The second-order valence-corrected chi connectivity index (χ2v) is 20.0. The Labute approximate surface area is 265 Å². The van der Waals surface area contributed by atoms with Gasteiger partial charge in [0.2, 0.25) is 5.88 Å². The predicted octanol–water partition coefficient (Wildman–Crippen LogP) is 7.02. The van der Waals surface area contributed by atoms with Crippen molar-refractivity contribution in [2.24, 2.45) is 0 Å². The molecule has 1 amide bonds. The number of rotatable bonds is 9. The largest absolute Gasteiger partial charge is 0.493 e. The molecular formula is C35H37N3O5SSi. The highest BCUT2D eigenvalue weighted by Crippen LogP contribution is 2.40. The first-order chi connectivity index (χ1) is 21.5. The van der Waals surface area contributed by atoms with Gasteiger partial charge in [-0.3, -0.25) is 4.79 Å². The number of carbonyl (C=O) groups excluding carboxylic acids is 1. The Bertz CT molecular complexity index is 1870. The summed E-state index contributed by atoms with van der Waals surface area (Å²) >= 11 is 0. The summed E-state index contributed by atoms with van der Waals surface area (Å²) in [5.41, 5.74) is 5.59. The van der Waals surface area contributed by atoms with Crippen LogP contribution in [0.15, 0.2) is 109 Å². The van der Waals surface area contributed by atoms with Gasteiger partial charge in [0.15, 0.2) is 0 Å². The average molecular weight is 640 g/mol. The molecular weight excluding hydrogens is 603 g/mol. The van der Waals surface area contributed by atoms with Gasteiger partial charge >= 0.3 is 10.2 Å². The molecule has 2 N–H and O–H groups in total. The molecule has 2 heterocycles. The Morgan fingerprint density at radius 1 is 0.844 bits per heavy atom. The van der Waals surface area contributed by atoms with E-state index in [1.54, 1.807) is 6.07 Å². The number of aliphatic hydroxyl groups is 1. The molecule has 8 nitrogen and oxygen atoms in total. The Kier molecular flexibility index (Phi) is 8.19. The van der Waals surface area contributed by atoms with Crippen LogP contribution in [-0.2, 0) is 23.2 Å². The molecule has 0 spiro atoms. The summed E-state index contributed by atoms with van der Waals surface area (Å²) in [5.74, 6) is -0.109. The Morgan fingerprint density at radius 2 is 1.51 bits per heavy atom. The molecule has 0 saturated heterocycles. The van der Waals surface area contributed by atoms with Gasteiger partial charge < -0.3 is 15.2 Å². The first kappa shape index (κ1) is 30.5. The summed E-state index contributed by atoms with van der Waals surface area (Å²) in [6.45, 7) is 6.92. The number of amides is 1. The van der Waals surface area contributed by atoms with E-state index in [-0.39, 0.29) is 31.0 Å². The molecule has 1 unspecified atom stereocenters. The van der Waals surface area contributed by atoms with Crippen LogP contribution in [0.5, 0.6) is 5.75 Å². The number of benzene rings is 4. The molecule has 10 heteroatoms. The topological polar surface area (TPSA) is 99.2 Å². The lowest BCUT2D eigenvalue weighted by Gasteiger charge is -2.26. The number of carbonyl (C=O) groups is 1. The lowest BCUT2D eigenvalue weighted by molar-refractivity contribution is 0.0938. The van der Waals surface area contributed by atoms with Crippen LogP contribution < -0.4 is 14.4 Å². The van der Waals surface area contributed by atoms with E-state index in [0.717, 1.165) is 36.4 Å². The Balaban J connectivity index is 1.35. The third-order valence-corrected chi connectivity index (χ3v) is 11.6. The Morgan fingerprint density at radius 3 is 2.24 bits per heavy atom. The number of nitrogens with one attached hydrogen (secondary N) is 1. The van der Waals surface area contributed by atoms with Crippen molar-refractivity contribution < 1.29 is 23.1 Å². The van der Waals surface area contributed by atoms with Gasteiger partial charge in [0.25, 0.3) is 5.91 Å². The summed E-state index contributed by atoms with van der Waals surface area (Å²) in [6, 6.07) is 31.0. The van der Waals surface area contributed by atoms with Crippen LogP contribution in [-0.4, -0.2) is 38.4 Å². The molecule has 0 bridgehead atoms.